The summed E-state index contributed by atoms with van der Waals surface area (Å²) >= 11 is 0. The van der Waals surface area contributed by atoms with Crippen molar-refractivity contribution in [2.75, 3.05) is 5.32 Å². The Kier molecular flexibility index (Phi) is 3.27. The van der Waals surface area contributed by atoms with Crippen molar-refractivity contribution in [3.05, 3.63) is 34.6 Å². The molecule has 0 aliphatic carbocycles. The maximum Gasteiger partial charge on any atom is 0.260 e. The topological polar surface area (TPSA) is 96.2 Å². The molecular formula is C12H15N5O. The number of hydrogen-bond donors (Lipinski definition) is 3. The summed E-state index contributed by atoms with van der Waals surface area (Å²) in [4.78, 5) is 22.8. The molecule has 4 N–H and O–H groups in total. The van der Waals surface area contributed by atoms with E-state index < -0.39 is 0 Å². The lowest BCUT2D eigenvalue weighted by atomic mass is 10.2. The fourth-order valence-corrected chi connectivity index (χ4v) is 1.58. The van der Waals surface area contributed by atoms with Crippen LogP contribution in [0.25, 0.3) is 10.9 Å². The summed E-state index contributed by atoms with van der Waals surface area (Å²) in [6.07, 6.45) is 0. The van der Waals surface area contributed by atoms with Gasteiger partial charge in [0.1, 0.15) is 0 Å². The number of aromatic nitrogens is 2. The molecule has 2 aromatic rings. The van der Waals surface area contributed by atoms with Gasteiger partial charge in [-0.1, -0.05) is 12.1 Å². The predicted octanol–water partition coefficient (Wildman–Crippen LogP) is 1.06. The lowest BCUT2D eigenvalue weighted by molar-refractivity contribution is 0.833. The summed E-state index contributed by atoms with van der Waals surface area (Å²) in [5, 5.41) is 3.31. The number of rotatable bonds is 2. The highest BCUT2D eigenvalue weighted by Crippen LogP contribution is 2.07. The molecule has 0 radical (unpaired) electrons. The van der Waals surface area contributed by atoms with E-state index in [9.17, 15) is 4.79 Å². The van der Waals surface area contributed by atoms with E-state index in [0.29, 0.717) is 16.9 Å². The molecule has 0 spiro atoms. The summed E-state index contributed by atoms with van der Waals surface area (Å²) in [7, 11) is 0. The Morgan fingerprint density at radius 1 is 1.44 bits per heavy atom. The third-order valence-corrected chi connectivity index (χ3v) is 2.26. The van der Waals surface area contributed by atoms with Gasteiger partial charge in [-0.05, 0) is 26.0 Å². The second-order valence-electron chi connectivity index (χ2n) is 4.16. The van der Waals surface area contributed by atoms with E-state index in [1.54, 1.807) is 18.2 Å². The number of hydrogen-bond acceptors (Lipinski definition) is 3. The number of nitrogens with two attached hydrogens (primary N) is 1. The van der Waals surface area contributed by atoms with Crippen LogP contribution in [0.15, 0.2) is 34.1 Å². The van der Waals surface area contributed by atoms with Crippen LogP contribution < -0.4 is 16.6 Å². The van der Waals surface area contributed by atoms with Crippen LogP contribution in [0.4, 0.5) is 5.95 Å². The van der Waals surface area contributed by atoms with E-state index in [0.717, 1.165) is 0 Å². The lowest BCUT2D eigenvalue weighted by Gasteiger charge is -2.06. The van der Waals surface area contributed by atoms with E-state index in [1.165, 1.54) is 0 Å². The van der Waals surface area contributed by atoms with Crippen molar-refractivity contribution >= 4 is 22.8 Å². The summed E-state index contributed by atoms with van der Waals surface area (Å²) in [5.41, 5.74) is 6.08. The fourth-order valence-electron chi connectivity index (χ4n) is 1.58. The SMILES string of the molecule is CC(C)N=C(N)Nc1nc2ccccc2c(=O)[nH]1. The minimum Gasteiger partial charge on any atom is -0.370 e. The first-order valence-electron chi connectivity index (χ1n) is 5.65. The molecule has 0 aliphatic rings. The lowest BCUT2D eigenvalue weighted by Crippen LogP contribution is -2.26. The average Bonchev–Trinajstić information content (AvgIpc) is 2.27. The minimum absolute atomic E-state index is 0.0738. The summed E-state index contributed by atoms with van der Waals surface area (Å²) in [6.45, 7) is 3.82. The average molecular weight is 245 g/mol. The van der Waals surface area contributed by atoms with Gasteiger partial charge in [0.25, 0.3) is 5.56 Å². The van der Waals surface area contributed by atoms with Crippen LogP contribution in [-0.2, 0) is 0 Å². The van der Waals surface area contributed by atoms with E-state index >= 15 is 0 Å². The van der Waals surface area contributed by atoms with Gasteiger partial charge in [-0.3, -0.25) is 20.1 Å². The number of aliphatic imine (C=N–C) groups is 1. The molecule has 2 rings (SSSR count). The number of aromatic amines is 1. The number of fused-ring (bicyclic) bond motifs is 1. The second-order valence-corrected chi connectivity index (χ2v) is 4.16. The molecule has 1 heterocycles. The van der Waals surface area contributed by atoms with Gasteiger partial charge in [-0.25, -0.2) is 4.98 Å². The van der Waals surface area contributed by atoms with Crippen LogP contribution in [0.1, 0.15) is 13.8 Å². The van der Waals surface area contributed by atoms with Crippen molar-refractivity contribution < 1.29 is 0 Å². The Labute approximate surface area is 104 Å². The molecule has 18 heavy (non-hydrogen) atoms. The van der Waals surface area contributed by atoms with Gasteiger partial charge in [-0.2, -0.15) is 0 Å². The Morgan fingerprint density at radius 2 is 2.17 bits per heavy atom. The number of anilines is 1. The van der Waals surface area contributed by atoms with Gasteiger partial charge in [0.05, 0.1) is 10.9 Å². The zero-order valence-electron chi connectivity index (χ0n) is 10.3. The molecular weight excluding hydrogens is 230 g/mol. The quantitative estimate of drug-likeness (QED) is 0.544. The van der Waals surface area contributed by atoms with Gasteiger partial charge >= 0.3 is 0 Å². The van der Waals surface area contributed by atoms with Crippen LogP contribution >= 0.6 is 0 Å². The maximum atomic E-state index is 11.8. The number of H-pyrrole nitrogens is 1. The van der Waals surface area contributed by atoms with Crippen LogP contribution in [0.2, 0.25) is 0 Å². The molecule has 0 atom stereocenters. The maximum absolute atomic E-state index is 11.8. The molecule has 1 aromatic carbocycles. The van der Waals surface area contributed by atoms with Crippen molar-refractivity contribution in [3.8, 4) is 0 Å². The number of nitrogens with zero attached hydrogens (tertiary/aromatic N) is 2. The molecule has 1 aromatic heterocycles. The van der Waals surface area contributed by atoms with Crippen molar-refractivity contribution in [1.82, 2.24) is 9.97 Å². The van der Waals surface area contributed by atoms with Crippen LogP contribution in [-0.4, -0.2) is 22.0 Å². The molecule has 6 nitrogen and oxygen atoms in total. The first-order chi connectivity index (χ1) is 8.56. The number of guanidine groups is 1. The van der Waals surface area contributed by atoms with E-state index in [-0.39, 0.29) is 17.6 Å². The smallest absolute Gasteiger partial charge is 0.260 e. The number of para-hydroxylation sites is 1. The normalized spacial score (nSPS) is 12.1. The van der Waals surface area contributed by atoms with Gasteiger partial charge in [0.2, 0.25) is 5.95 Å². The molecule has 0 saturated heterocycles. The number of benzene rings is 1. The first kappa shape index (κ1) is 12.1. The number of nitrogens with one attached hydrogen (secondary N) is 2. The van der Waals surface area contributed by atoms with Crippen molar-refractivity contribution in [2.45, 2.75) is 19.9 Å². The van der Waals surface area contributed by atoms with Crippen LogP contribution in [0.3, 0.4) is 0 Å². The predicted molar refractivity (Wildman–Crippen MR) is 72.7 cm³/mol. The van der Waals surface area contributed by atoms with Crippen molar-refractivity contribution in [3.63, 3.8) is 0 Å². The molecule has 0 unspecified atom stereocenters. The highest BCUT2D eigenvalue weighted by atomic mass is 16.1. The Hall–Kier alpha value is -2.37. The largest absolute Gasteiger partial charge is 0.370 e. The monoisotopic (exact) mass is 245 g/mol. The Bertz CT molecular complexity index is 644. The molecule has 94 valence electrons. The highest BCUT2D eigenvalue weighted by Gasteiger charge is 2.03. The highest BCUT2D eigenvalue weighted by molar-refractivity contribution is 5.91. The van der Waals surface area contributed by atoms with Crippen molar-refractivity contribution in [2.24, 2.45) is 10.7 Å². The van der Waals surface area contributed by atoms with Gasteiger partial charge in [0.15, 0.2) is 5.96 Å². The third kappa shape index (κ3) is 2.65. The third-order valence-electron chi connectivity index (χ3n) is 2.26. The Balaban J connectivity index is 2.39. The summed E-state index contributed by atoms with van der Waals surface area (Å²) in [5.74, 6) is 0.518. The zero-order chi connectivity index (χ0) is 13.1. The second kappa shape index (κ2) is 4.87. The molecule has 0 bridgehead atoms. The minimum atomic E-state index is -0.208. The van der Waals surface area contributed by atoms with Gasteiger partial charge < -0.3 is 5.73 Å². The van der Waals surface area contributed by atoms with Crippen molar-refractivity contribution in [1.29, 1.82) is 0 Å². The summed E-state index contributed by atoms with van der Waals surface area (Å²) in [6, 6.07) is 7.18. The van der Waals surface area contributed by atoms with Crippen LogP contribution in [0.5, 0.6) is 0 Å². The van der Waals surface area contributed by atoms with Gasteiger partial charge in [-0.15, -0.1) is 0 Å². The molecule has 0 fully saturated rings. The molecule has 6 heteroatoms. The van der Waals surface area contributed by atoms with Crippen LogP contribution in [0, 0.1) is 0 Å². The van der Waals surface area contributed by atoms with E-state index in [1.807, 2.05) is 19.9 Å². The fraction of sp³-hybridized carbons (Fsp3) is 0.250. The van der Waals surface area contributed by atoms with E-state index in [4.69, 9.17) is 5.73 Å². The van der Waals surface area contributed by atoms with E-state index in [2.05, 4.69) is 20.3 Å². The Morgan fingerprint density at radius 3 is 2.89 bits per heavy atom. The zero-order valence-corrected chi connectivity index (χ0v) is 10.3. The first-order valence-corrected chi connectivity index (χ1v) is 5.65. The summed E-state index contributed by atoms with van der Waals surface area (Å²) < 4.78 is 0. The standard InChI is InChI=1S/C12H15N5O/c1-7(2)14-11(13)17-12-15-9-6-4-3-5-8(9)10(18)16-12/h3-7H,1-2H3,(H4,13,14,15,16,17,18). The molecule has 0 aliphatic heterocycles. The molecule has 0 amide bonds. The molecule has 0 saturated carbocycles. The van der Waals surface area contributed by atoms with Gasteiger partial charge in [0, 0.05) is 6.04 Å².